The summed E-state index contributed by atoms with van der Waals surface area (Å²) in [6, 6.07) is 113. The number of furan rings is 3. The lowest BCUT2D eigenvalue weighted by molar-refractivity contribution is 0.668. The van der Waals surface area contributed by atoms with E-state index in [9.17, 15) is 0 Å². The molecule has 21 rings (SSSR count). The smallest absolute Gasteiger partial charge is 0.238 e. The SMILES string of the molecule is c1ccc(-c2nc(-c3cccc4oc5ccccc5c34)nc(-n3c4ccccc4c4cc(-c5ccc6c(c5)oc5ccccc56)ccc43)n2)cc1.c1ccc(-c2nc(-c3ccccc3)nc(-c3ccc(-n4c5ccccc5c5cc(-c6ccc7c(c6)oc6ccccc67)ccc54)cc3)n2)cc1. The van der Waals surface area contributed by atoms with Gasteiger partial charge in [0.25, 0.3) is 0 Å². The van der Waals surface area contributed by atoms with Crippen molar-refractivity contribution in [1.82, 2.24) is 39.0 Å². The van der Waals surface area contributed by atoms with Crippen LogP contribution in [0.15, 0.2) is 341 Å². The largest absolute Gasteiger partial charge is 0.456 e. The van der Waals surface area contributed by atoms with Crippen molar-refractivity contribution in [3.8, 4) is 90.8 Å². The van der Waals surface area contributed by atoms with Gasteiger partial charge in [-0.2, -0.15) is 9.97 Å². The molecule has 0 aliphatic heterocycles. The summed E-state index contributed by atoms with van der Waals surface area (Å²) in [6.45, 7) is 0. The summed E-state index contributed by atoms with van der Waals surface area (Å²) in [5, 5.41) is 11.2. The van der Waals surface area contributed by atoms with E-state index >= 15 is 0 Å². The Balaban J connectivity index is 0.000000136. The van der Waals surface area contributed by atoms with E-state index < -0.39 is 0 Å². The second kappa shape index (κ2) is 23.4. The van der Waals surface area contributed by atoms with Crippen molar-refractivity contribution in [1.29, 1.82) is 0 Å². The van der Waals surface area contributed by atoms with E-state index in [4.69, 9.17) is 43.2 Å². The fraction of sp³-hybridized carbons (Fsp3) is 0. The van der Waals surface area contributed by atoms with Gasteiger partial charge >= 0.3 is 0 Å². The highest BCUT2D eigenvalue weighted by Gasteiger charge is 2.23. The number of benzene rings is 14. The fourth-order valence-electron chi connectivity index (χ4n) is 14.6. The lowest BCUT2D eigenvalue weighted by atomic mass is 10.0. The minimum Gasteiger partial charge on any atom is -0.456 e. The van der Waals surface area contributed by atoms with Gasteiger partial charge in [-0.05, 0) is 131 Å². The van der Waals surface area contributed by atoms with Crippen LogP contribution >= 0.6 is 0 Å². The van der Waals surface area contributed by atoms with Crippen LogP contribution in [0, 0.1) is 0 Å². The maximum atomic E-state index is 6.25. The van der Waals surface area contributed by atoms with Gasteiger partial charge in [-0.1, -0.05) is 218 Å². The Hall–Kier alpha value is -13.9. The van der Waals surface area contributed by atoms with Gasteiger partial charge in [0.15, 0.2) is 29.1 Å². The summed E-state index contributed by atoms with van der Waals surface area (Å²) in [7, 11) is 0. The molecule has 21 aromatic rings. The molecule has 0 aliphatic carbocycles. The van der Waals surface area contributed by atoms with Crippen molar-refractivity contribution < 1.29 is 13.3 Å². The number of aromatic nitrogens is 8. The van der Waals surface area contributed by atoms with Gasteiger partial charge in [0.1, 0.15) is 33.5 Å². The molecule has 0 unspecified atom stereocenters. The molecule has 0 saturated heterocycles. The van der Waals surface area contributed by atoms with Gasteiger partial charge in [0.2, 0.25) is 5.95 Å². The zero-order valence-electron chi connectivity index (χ0n) is 54.0. The summed E-state index contributed by atoms with van der Waals surface area (Å²) >= 11 is 0. The van der Waals surface area contributed by atoms with E-state index in [1.54, 1.807) is 0 Å². The van der Waals surface area contributed by atoms with E-state index in [0.717, 1.165) is 154 Å². The Labute approximate surface area is 576 Å². The van der Waals surface area contributed by atoms with Crippen LogP contribution in [0.4, 0.5) is 0 Å². The lowest BCUT2D eigenvalue weighted by Gasteiger charge is -2.11. The van der Waals surface area contributed by atoms with Crippen LogP contribution in [-0.2, 0) is 0 Å². The molecule has 7 aromatic heterocycles. The van der Waals surface area contributed by atoms with E-state index in [0.29, 0.717) is 35.1 Å². The van der Waals surface area contributed by atoms with Crippen molar-refractivity contribution >= 4 is 109 Å². The fourth-order valence-corrected chi connectivity index (χ4v) is 14.6. The van der Waals surface area contributed by atoms with E-state index in [1.165, 1.54) is 10.8 Å². The molecule has 101 heavy (non-hydrogen) atoms. The van der Waals surface area contributed by atoms with Gasteiger partial charge in [-0.3, -0.25) is 4.57 Å². The van der Waals surface area contributed by atoms with Gasteiger partial charge in [0, 0.05) is 87.4 Å². The Morgan fingerprint density at radius 2 is 0.545 bits per heavy atom. The second-order valence-corrected chi connectivity index (χ2v) is 25.3. The van der Waals surface area contributed by atoms with Crippen molar-refractivity contribution in [2.45, 2.75) is 0 Å². The summed E-state index contributed by atoms with van der Waals surface area (Å²) in [4.78, 5) is 30.2. The van der Waals surface area contributed by atoms with E-state index in [2.05, 4.69) is 185 Å². The zero-order chi connectivity index (χ0) is 66.5. The quantitative estimate of drug-likeness (QED) is 0.139. The minimum absolute atomic E-state index is 0.548. The van der Waals surface area contributed by atoms with Crippen LogP contribution in [0.2, 0.25) is 0 Å². The molecule has 14 aromatic carbocycles. The molecule has 0 N–H and O–H groups in total. The van der Waals surface area contributed by atoms with Crippen molar-refractivity contribution in [3.05, 3.63) is 328 Å². The average Bonchev–Trinajstić information content (AvgIpc) is 1.62. The van der Waals surface area contributed by atoms with E-state index in [-0.39, 0.29) is 0 Å². The predicted octanol–water partition coefficient (Wildman–Crippen LogP) is 23.3. The summed E-state index contributed by atoms with van der Waals surface area (Å²) < 4.78 is 23.2. The van der Waals surface area contributed by atoms with Crippen LogP contribution in [0.1, 0.15) is 0 Å². The lowest BCUT2D eigenvalue weighted by Crippen LogP contribution is -2.06. The molecule has 0 bridgehead atoms. The van der Waals surface area contributed by atoms with Crippen molar-refractivity contribution in [2.24, 2.45) is 0 Å². The first kappa shape index (κ1) is 57.4. The Morgan fingerprint density at radius 1 is 0.198 bits per heavy atom. The van der Waals surface area contributed by atoms with Gasteiger partial charge in [-0.15, -0.1) is 0 Å². The molecular formula is C90H54N8O3. The highest BCUT2D eigenvalue weighted by Crippen LogP contribution is 2.42. The molecular weight excluding hydrogens is 1240 g/mol. The molecule has 0 radical (unpaired) electrons. The summed E-state index contributed by atoms with van der Waals surface area (Å²) in [5.41, 5.74) is 19.7. The number of para-hydroxylation sites is 5. The maximum absolute atomic E-state index is 6.25. The Morgan fingerprint density at radius 3 is 1.08 bits per heavy atom. The first-order chi connectivity index (χ1) is 50.0. The van der Waals surface area contributed by atoms with E-state index in [1.807, 2.05) is 152 Å². The van der Waals surface area contributed by atoms with Crippen molar-refractivity contribution in [2.75, 3.05) is 0 Å². The number of hydrogen-bond donors (Lipinski definition) is 0. The molecule has 11 nitrogen and oxygen atoms in total. The molecule has 0 saturated carbocycles. The van der Waals surface area contributed by atoms with Gasteiger partial charge < -0.3 is 17.8 Å². The zero-order valence-corrected chi connectivity index (χ0v) is 54.0. The summed E-state index contributed by atoms with van der Waals surface area (Å²) in [5.74, 6) is 3.66. The minimum atomic E-state index is 0.548. The molecule has 0 spiro atoms. The number of nitrogens with zero attached hydrogens (tertiary/aromatic N) is 8. The van der Waals surface area contributed by atoms with Crippen LogP contribution in [-0.4, -0.2) is 39.0 Å². The number of fused-ring (bicyclic) bond motifs is 15. The normalized spacial score (nSPS) is 11.8. The maximum Gasteiger partial charge on any atom is 0.238 e. The third kappa shape index (κ3) is 9.81. The topological polar surface area (TPSA) is 127 Å². The molecule has 0 atom stereocenters. The van der Waals surface area contributed by atoms with Crippen molar-refractivity contribution in [3.63, 3.8) is 0 Å². The molecule has 0 aliphatic rings. The third-order valence-corrected chi connectivity index (χ3v) is 19.4. The van der Waals surface area contributed by atoms with Crippen LogP contribution in [0.5, 0.6) is 0 Å². The predicted molar refractivity (Wildman–Crippen MR) is 408 cm³/mol. The van der Waals surface area contributed by atoms with Crippen LogP contribution in [0.25, 0.3) is 200 Å². The van der Waals surface area contributed by atoms with Gasteiger partial charge in [0.05, 0.1) is 22.1 Å². The Bertz CT molecular complexity index is 6770. The highest BCUT2D eigenvalue weighted by atomic mass is 16.3. The Kier molecular flexibility index (Phi) is 13.3. The average molecular weight is 1300 g/mol. The van der Waals surface area contributed by atoms with Crippen LogP contribution in [0.3, 0.4) is 0 Å². The monoisotopic (exact) mass is 1290 g/mol. The second-order valence-electron chi connectivity index (χ2n) is 25.3. The standard InChI is InChI=1S/C45H26N4O2.C45H28N4O/c1-2-11-27(12-3-1)43-46-44(34-16-10-20-40-42(34)33-15-6-9-19-39(33)50-40)48-45(47-43)49-36-17-7-4-13-30(36)35-25-28(22-24-37(35)49)29-21-23-32-31-14-5-8-18-38(31)51-41(32)26-29;1-3-11-29(12-4-1)43-46-44(30-13-5-2-6-14-30)48-45(47-43)31-19-23-34(24-20-31)49-39-17-9-7-15-35(39)38-27-32(22-26-40(38)49)33-21-25-37-36-16-8-10-18-41(36)50-42(37)28-33/h1-26H;1-28H. The molecule has 0 fully saturated rings. The summed E-state index contributed by atoms with van der Waals surface area (Å²) in [6.07, 6.45) is 0. The molecule has 7 heterocycles. The first-order valence-electron chi connectivity index (χ1n) is 33.6. The van der Waals surface area contributed by atoms with Gasteiger partial charge in [-0.25, -0.2) is 19.9 Å². The molecule has 11 heteroatoms. The van der Waals surface area contributed by atoms with Crippen LogP contribution < -0.4 is 0 Å². The highest BCUT2D eigenvalue weighted by molar-refractivity contribution is 6.14. The number of rotatable bonds is 9. The number of hydrogen-bond acceptors (Lipinski definition) is 9. The first-order valence-corrected chi connectivity index (χ1v) is 33.6. The molecule has 472 valence electrons. The third-order valence-electron chi connectivity index (χ3n) is 19.4. The molecule has 0 amide bonds.